The van der Waals surface area contributed by atoms with Crippen molar-refractivity contribution in [3.8, 4) is 35.4 Å². The van der Waals surface area contributed by atoms with Gasteiger partial charge in [-0.15, -0.1) is 11.5 Å². The predicted octanol–water partition coefficient (Wildman–Crippen LogP) is 7.18. The number of hydrogen-bond acceptors (Lipinski definition) is 17. The Kier molecular flexibility index (Phi) is 20.3. The van der Waals surface area contributed by atoms with E-state index in [0.717, 1.165) is 35.8 Å². The van der Waals surface area contributed by atoms with Gasteiger partial charge in [0.25, 0.3) is 0 Å². The smallest absolute Gasteiger partial charge is 0.373 e. The van der Waals surface area contributed by atoms with Gasteiger partial charge in [-0.1, -0.05) is 61.1 Å². The summed E-state index contributed by atoms with van der Waals surface area (Å²) in [4.78, 5) is 101. The lowest BCUT2D eigenvalue weighted by molar-refractivity contribution is -0.193. The molecule has 0 spiro atoms. The molecule has 0 aliphatic heterocycles. The molecule has 74 heavy (non-hydrogen) atoms. The number of ether oxygens (including phenoxy) is 2. The Morgan fingerprint density at radius 2 is 1.31 bits per heavy atom. The van der Waals surface area contributed by atoms with Crippen molar-refractivity contribution in [1.82, 2.24) is 15.0 Å². The van der Waals surface area contributed by atoms with Crippen LogP contribution in [0.3, 0.4) is 0 Å². The van der Waals surface area contributed by atoms with Gasteiger partial charge >= 0.3 is 47.1 Å². The van der Waals surface area contributed by atoms with Crippen molar-refractivity contribution in [3.63, 3.8) is 0 Å². The van der Waals surface area contributed by atoms with Crippen molar-refractivity contribution in [1.29, 1.82) is 0 Å². The monoisotopic (exact) mass is 1000 g/mol. The summed E-state index contributed by atoms with van der Waals surface area (Å²) in [6, 6.07) is 26.8. The summed E-state index contributed by atoms with van der Waals surface area (Å²) in [6.07, 6.45) is 12.4. The molecule has 8 aromatic rings. The van der Waals surface area contributed by atoms with Gasteiger partial charge in [-0.3, -0.25) is 9.59 Å². The first-order valence-electron chi connectivity index (χ1n) is 22.4. The number of fused-ring (bicyclic) bond motifs is 4. The Morgan fingerprint density at radius 1 is 0.716 bits per heavy atom. The number of aromatic carboxylic acids is 1. The van der Waals surface area contributed by atoms with Gasteiger partial charge in [0.05, 0.1) is 18.3 Å². The second-order valence-corrected chi connectivity index (χ2v) is 15.6. The largest absolute Gasteiger partial charge is 0.478 e. The third-order valence-corrected chi connectivity index (χ3v) is 10.6. The lowest BCUT2D eigenvalue weighted by Crippen LogP contribution is -2.06. The summed E-state index contributed by atoms with van der Waals surface area (Å²) in [6.45, 7) is 3.86. The van der Waals surface area contributed by atoms with Crippen molar-refractivity contribution in [2.45, 2.75) is 72.1 Å². The molecule has 0 radical (unpaired) electrons. The topological polar surface area (TPSA) is 280 Å². The maximum Gasteiger partial charge on any atom is 0.373 e. The molecule has 0 unspecified atom stereocenters. The summed E-state index contributed by atoms with van der Waals surface area (Å²) in [7, 11) is 0. The molecule has 4 aromatic carbocycles. The molecule has 1 aliphatic carbocycles. The van der Waals surface area contributed by atoms with Crippen LogP contribution in [0.1, 0.15) is 89.7 Å². The van der Waals surface area contributed by atoms with Crippen LogP contribution in [0, 0.1) is 24.2 Å². The van der Waals surface area contributed by atoms with Crippen LogP contribution >= 0.6 is 0 Å². The van der Waals surface area contributed by atoms with Crippen molar-refractivity contribution in [2.24, 2.45) is 0 Å². The molecule has 0 fully saturated rings. The zero-order chi connectivity index (χ0) is 53.6. The summed E-state index contributed by atoms with van der Waals surface area (Å²) in [5.74, 6) is 7.14. The normalized spacial score (nSPS) is 10.8. The van der Waals surface area contributed by atoms with E-state index in [1.165, 1.54) is 42.3 Å². The minimum Gasteiger partial charge on any atom is -0.478 e. The number of carbonyl (C=O) groups is 3. The number of nitrogens with zero attached hydrogens (tertiary/aromatic N) is 3. The molecular weight excluding hydrogens is 959 g/mol. The van der Waals surface area contributed by atoms with Crippen LogP contribution in [0.25, 0.3) is 44.2 Å². The van der Waals surface area contributed by atoms with Gasteiger partial charge in [0, 0.05) is 81.4 Å². The molecule has 9 rings (SSSR count). The van der Waals surface area contributed by atoms with Gasteiger partial charge in [-0.25, -0.2) is 23.9 Å². The van der Waals surface area contributed by atoms with E-state index in [9.17, 15) is 28.8 Å². The first-order chi connectivity index (χ1) is 35.7. The van der Waals surface area contributed by atoms with E-state index < -0.39 is 17.2 Å². The first-order valence-corrected chi connectivity index (χ1v) is 22.4. The number of carboxylic acids is 1. The molecule has 374 valence electrons. The Labute approximate surface area is 419 Å². The highest BCUT2D eigenvalue weighted by Crippen LogP contribution is 2.26. The summed E-state index contributed by atoms with van der Waals surface area (Å²) >= 11 is 0. The molecule has 1 aliphatic rings. The van der Waals surface area contributed by atoms with Gasteiger partial charge in [-0.05, 0) is 85.0 Å². The molecule has 0 saturated heterocycles. The van der Waals surface area contributed by atoms with Gasteiger partial charge in [0.2, 0.25) is 0 Å². The summed E-state index contributed by atoms with van der Waals surface area (Å²) in [5, 5.41) is 19.7. The van der Waals surface area contributed by atoms with E-state index in [-0.39, 0.29) is 55.1 Å². The third-order valence-electron chi connectivity index (χ3n) is 10.6. The highest BCUT2D eigenvalue weighted by Gasteiger charge is 2.13. The number of rotatable bonds is 10. The zero-order valence-corrected chi connectivity index (χ0v) is 39.7. The van der Waals surface area contributed by atoms with Crippen LogP contribution in [0.15, 0.2) is 131 Å². The van der Waals surface area contributed by atoms with E-state index >= 15 is 0 Å². The molecule has 1 N–H and O–H groups in total. The molecular formula is C55H43N3O16. The average molecular weight is 1000 g/mol. The number of aromatic nitrogens is 3. The minimum absolute atomic E-state index is 0.00896. The second kappa shape index (κ2) is 27.4. The molecule has 0 amide bonds. The van der Waals surface area contributed by atoms with Gasteiger partial charge < -0.3 is 27.8 Å². The number of terminal acetylenes is 1. The molecule has 0 bridgehead atoms. The van der Waals surface area contributed by atoms with Crippen LogP contribution in [-0.2, 0) is 64.4 Å². The van der Waals surface area contributed by atoms with Crippen molar-refractivity contribution in [2.75, 3.05) is 0 Å². The van der Waals surface area contributed by atoms with E-state index in [0.29, 0.717) is 68.4 Å². The third kappa shape index (κ3) is 15.7. The Balaban J connectivity index is 0.000000206. The summed E-state index contributed by atoms with van der Waals surface area (Å²) in [5.41, 5.74) is 6.49. The Bertz CT molecular complexity index is 3670. The highest BCUT2D eigenvalue weighted by atomic mass is 16.5. The van der Waals surface area contributed by atoms with E-state index in [1.54, 1.807) is 67.2 Å². The number of hydrogen-bond donors (Lipinski definition) is 1. The minimum atomic E-state index is -0.978. The Hall–Kier alpha value is -10.1. The van der Waals surface area contributed by atoms with E-state index in [4.69, 9.17) is 53.4 Å². The molecule has 19 nitrogen and oxygen atoms in total. The SMILES string of the molecule is C#Cc1ccc2c(COC(=O)CC)cc(=O)oc2c1.CCC(=O)OCc1cc(=O)oc2cc(-c3cn(Cc4ccc(C(=O)O)cc4)nn3)ccc12.O=C=O.O=C=O.O=c1ccc2cc3c(cc2o1)C#CCCCC3. The van der Waals surface area contributed by atoms with Crippen molar-refractivity contribution in [3.05, 3.63) is 173 Å². The molecule has 4 heterocycles. The number of aryl methyl sites for hydroxylation is 1. The number of esters is 2. The maximum atomic E-state index is 12.0. The van der Waals surface area contributed by atoms with Crippen LogP contribution < -0.4 is 16.9 Å². The van der Waals surface area contributed by atoms with Crippen LogP contribution in [0.5, 0.6) is 0 Å². The standard InChI is InChI=1S/C23H19N3O6.C15H12O4.C15H12O2.2CO2/c1-2-21(27)31-13-17-10-22(28)32-20-9-16(7-8-18(17)20)19-12-26(25-24-19)11-14-3-5-15(6-4-14)23(29)30;1-3-10-5-6-12-11(9-18-14(16)4-2)8-15(17)19-13(12)7-10;16-15-8-7-13-9-11-5-3-1-2-4-6-12(11)10-14(13)17-15;2*2-1-3/h3-10,12H,2,11,13H2,1H3,(H,29,30);1,5-8H,4,9H2,2H3;7-10H,1-3,5H2;;. The number of benzene rings is 4. The lowest BCUT2D eigenvalue weighted by atomic mass is 9.97. The van der Waals surface area contributed by atoms with Gasteiger partial charge in [0.1, 0.15) is 35.7 Å². The molecule has 0 saturated carbocycles. The average Bonchev–Trinajstić information content (AvgIpc) is 3.86. The van der Waals surface area contributed by atoms with Gasteiger partial charge in [0.15, 0.2) is 0 Å². The summed E-state index contributed by atoms with van der Waals surface area (Å²) < 4.78 is 27.4. The van der Waals surface area contributed by atoms with E-state index in [1.807, 2.05) is 18.2 Å². The number of carboxylic acid groups (broad SMARTS) is 1. The molecule has 4 aromatic heterocycles. The predicted molar refractivity (Wildman–Crippen MR) is 262 cm³/mol. The Morgan fingerprint density at radius 3 is 1.91 bits per heavy atom. The van der Waals surface area contributed by atoms with Crippen LogP contribution in [0.4, 0.5) is 0 Å². The molecule has 0 atom stereocenters. The number of carbonyl (C=O) groups excluding carboxylic acids is 6. The lowest BCUT2D eigenvalue weighted by Gasteiger charge is -2.08. The fourth-order valence-corrected chi connectivity index (χ4v) is 7.09. The fourth-order valence-electron chi connectivity index (χ4n) is 7.09. The van der Waals surface area contributed by atoms with Crippen LogP contribution in [-0.4, -0.2) is 50.3 Å². The van der Waals surface area contributed by atoms with Crippen LogP contribution in [0.2, 0.25) is 0 Å². The maximum absolute atomic E-state index is 12.0. The van der Waals surface area contributed by atoms with Crippen molar-refractivity contribution < 1.29 is 61.4 Å². The van der Waals surface area contributed by atoms with Crippen molar-refractivity contribution >= 4 is 63.1 Å². The van der Waals surface area contributed by atoms with Gasteiger partial charge in [-0.2, -0.15) is 19.2 Å². The molecule has 19 heteroatoms. The quantitative estimate of drug-likeness (QED) is 0.0806. The fraction of sp³-hybridized carbons (Fsp3) is 0.200. The zero-order valence-electron chi connectivity index (χ0n) is 39.7. The van der Waals surface area contributed by atoms with E-state index in [2.05, 4.69) is 34.1 Å². The highest BCUT2D eigenvalue weighted by molar-refractivity contribution is 5.88. The second-order valence-electron chi connectivity index (χ2n) is 15.6. The first kappa shape index (κ1) is 54.9.